The van der Waals surface area contributed by atoms with Gasteiger partial charge >= 0.3 is 0 Å². The van der Waals surface area contributed by atoms with Crippen molar-refractivity contribution >= 4 is 39.1 Å². The van der Waals surface area contributed by atoms with Crippen molar-refractivity contribution in [3.8, 4) is 0 Å². The Morgan fingerprint density at radius 2 is 1.93 bits per heavy atom. The molecule has 2 aromatic carbocycles. The van der Waals surface area contributed by atoms with Crippen molar-refractivity contribution in [2.24, 2.45) is 0 Å². The lowest BCUT2D eigenvalue weighted by molar-refractivity contribution is -0.129. The van der Waals surface area contributed by atoms with Crippen LogP contribution in [-0.2, 0) is 17.8 Å². The summed E-state index contributed by atoms with van der Waals surface area (Å²) in [5.41, 5.74) is 2.18. The maximum absolute atomic E-state index is 12.6. The highest BCUT2D eigenvalue weighted by atomic mass is 32.1. The molecule has 0 atom stereocenters. The number of carbonyl (C=O) groups is 2. The standard InChI is InChI=1S/C23H21N3O3S/c1-15-20(9-10-29-15)22(28)25-23-24-19(14-30-23)12-21(27)26(2)13-16-7-8-17-5-3-4-6-18(17)11-16/h3-11,14H,12-13H2,1-2H3,(H,24,25,28). The highest BCUT2D eigenvalue weighted by Gasteiger charge is 2.16. The van der Waals surface area contributed by atoms with Crippen LogP contribution in [0.2, 0.25) is 0 Å². The number of fused-ring (bicyclic) bond motifs is 1. The summed E-state index contributed by atoms with van der Waals surface area (Å²) in [5, 5.41) is 7.33. The number of benzene rings is 2. The molecule has 4 aromatic rings. The van der Waals surface area contributed by atoms with Crippen LogP contribution in [0.15, 0.2) is 64.6 Å². The molecule has 2 aromatic heterocycles. The van der Waals surface area contributed by atoms with E-state index >= 15 is 0 Å². The highest BCUT2D eigenvalue weighted by Crippen LogP contribution is 2.20. The molecule has 0 radical (unpaired) electrons. The van der Waals surface area contributed by atoms with Gasteiger partial charge in [-0.1, -0.05) is 36.4 Å². The minimum Gasteiger partial charge on any atom is -0.469 e. The smallest absolute Gasteiger partial charge is 0.260 e. The first-order valence-electron chi connectivity index (χ1n) is 9.51. The van der Waals surface area contributed by atoms with Crippen LogP contribution in [0.4, 0.5) is 5.13 Å². The van der Waals surface area contributed by atoms with Crippen molar-refractivity contribution in [2.45, 2.75) is 19.9 Å². The number of thiazole rings is 1. The zero-order valence-corrected chi connectivity index (χ0v) is 17.5. The average molecular weight is 420 g/mol. The van der Waals surface area contributed by atoms with E-state index in [1.807, 2.05) is 18.2 Å². The molecule has 0 spiro atoms. The van der Waals surface area contributed by atoms with Gasteiger partial charge in [0.25, 0.3) is 5.91 Å². The first-order chi connectivity index (χ1) is 14.5. The summed E-state index contributed by atoms with van der Waals surface area (Å²) in [6.07, 6.45) is 1.66. The molecule has 2 heterocycles. The number of likely N-dealkylation sites (N-methyl/N-ethyl adjacent to an activating group) is 1. The Morgan fingerprint density at radius 1 is 1.13 bits per heavy atom. The number of carbonyl (C=O) groups excluding carboxylic acids is 2. The average Bonchev–Trinajstić information content (AvgIpc) is 3.36. The van der Waals surface area contributed by atoms with Crippen molar-refractivity contribution in [3.05, 3.63) is 82.8 Å². The van der Waals surface area contributed by atoms with Gasteiger partial charge in [-0.05, 0) is 35.4 Å². The molecular formula is C23H21N3O3S. The first-order valence-corrected chi connectivity index (χ1v) is 10.4. The van der Waals surface area contributed by atoms with E-state index in [9.17, 15) is 9.59 Å². The maximum Gasteiger partial charge on any atom is 0.260 e. The lowest BCUT2D eigenvalue weighted by Crippen LogP contribution is -2.27. The molecular weight excluding hydrogens is 398 g/mol. The second-order valence-corrected chi connectivity index (χ2v) is 7.95. The van der Waals surface area contributed by atoms with E-state index in [1.165, 1.54) is 23.0 Å². The van der Waals surface area contributed by atoms with E-state index in [0.29, 0.717) is 28.7 Å². The maximum atomic E-state index is 12.6. The molecule has 0 aliphatic rings. The number of anilines is 1. The summed E-state index contributed by atoms with van der Waals surface area (Å²) >= 11 is 1.30. The second-order valence-electron chi connectivity index (χ2n) is 7.10. The molecule has 6 nitrogen and oxygen atoms in total. The molecule has 1 N–H and O–H groups in total. The Labute approximate surface area is 178 Å². The minimum absolute atomic E-state index is 0.0305. The van der Waals surface area contributed by atoms with E-state index in [4.69, 9.17) is 4.42 Å². The topological polar surface area (TPSA) is 75.4 Å². The molecule has 0 aliphatic heterocycles. The van der Waals surface area contributed by atoms with Gasteiger partial charge in [0.05, 0.1) is 23.9 Å². The van der Waals surface area contributed by atoms with Gasteiger partial charge in [-0.15, -0.1) is 11.3 Å². The van der Waals surface area contributed by atoms with Gasteiger partial charge in [0, 0.05) is 19.0 Å². The predicted octanol–water partition coefficient (Wildman–Crippen LogP) is 4.65. The number of furan rings is 1. The number of hydrogen-bond acceptors (Lipinski definition) is 5. The number of rotatable bonds is 6. The zero-order valence-electron chi connectivity index (χ0n) is 16.7. The van der Waals surface area contributed by atoms with E-state index in [-0.39, 0.29) is 18.2 Å². The van der Waals surface area contributed by atoms with E-state index < -0.39 is 0 Å². The number of nitrogens with one attached hydrogen (secondary N) is 1. The van der Waals surface area contributed by atoms with E-state index in [2.05, 4.69) is 34.6 Å². The van der Waals surface area contributed by atoms with Crippen molar-refractivity contribution in [3.63, 3.8) is 0 Å². The van der Waals surface area contributed by atoms with Crippen molar-refractivity contribution in [1.29, 1.82) is 0 Å². The quantitative estimate of drug-likeness (QED) is 0.494. The van der Waals surface area contributed by atoms with Crippen LogP contribution in [0.25, 0.3) is 10.8 Å². The van der Waals surface area contributed by atoms with Gasteiger partial charge < -0.3 is 9.32 Å². The molecule has 0 saturated carbocycles. The molecule has 2 amide bonds. The van der Waals surface area contributed by atoms with Crippen LogP contribution in [0.5, 0.6) is 0 Å². The van der Waals surface area contributed by atoms with Gasteiger partial charge in [0.2, 0.25) is 5.91 Å². The summed E-state index contributed by atoms with van der Waals surface area (Å²) < 4.78 is 5.15. The third-order valence-corrected chi connectivity index (χ3v) is 5.67. The Hall–Kier alpha value is -3.45. The molecule has 0 fully saturated rings. The molecule has 30 heavy (non-hydrogen) atoms. The third kappa shape index (κ3) is 4.41. The second kappa shape index (κ2) is 8.51. The fourth-order valence-corrected chi connectivity index (χ4v) is 3.92. The molecule has 7 heteroatoms. The minimum atomic E-state index is -0.276. The lowest BCUT2D eigenvalue weighted by atomic mass is 10.1. The molecule has 152 valence electrons. The summed E-state index contributed by atoms with van der Waals surface area (Å²) in [6, 6.07) is 16.0. The Kier molecular flexibility index (Phi) is 5.63. The molecule has 0 aliphatic carbocycles. The number of aryl methyl sites for hydroxylation is 1. The lowest BCUT2D eigenvalue weighted by Gasteiger charge is -2.17. The molecule has 0 saturated heterocycles. The zero-order chi connectivity index (χ0) is 21.1. The van der Waals surface area contributed by atoms with Crippen molar-refractivity contribution < 1.29 is 14.0 Å². The van der Waals surface area contributed by atoms with E-state index in [0.717, 1.165) is 10.9 Å². The van der Waals surface area contributed by atoms with Crippen LogP contribution in [-0.4, -0.2) is 28.7 Å². The van der Waals surface area contributed by atoms with Crippen LogP contribution in [0.1, 0.15) is 27.4 Å². The van der Waals surface area contributed by atoms with Crippen LogP contribution in [0.3, 0.4) is 0 Å². The molecule has 0 bridgehead atoms. The Bertz CT molecular complexity index is 1210. The number of aromatic nitrogens is 1. The molecule has 4 rings (SSSR count). The van der Waals surface area contributed by atoms with Gasteiger partial charge in [0.1, 0.15) is 5.76 Å². The predicted molar refractivity (Wildman–Crippen MR) is 118 cm³/mol. The largest absolute Gasteiger partial charge is 0.469 e. The Morgan fingerprint density at radius 3 is 2.70 bits per heavy atom. The fourth-order valence-electron chi connectivity index (χ4n) is 3.22. The van der Waals surface area contributed by atoms with Gasteiger partial charge in [-0.3, -0.25) is 14.9 Å². The summed E-state index contributed by atoms with van der Waals surface area (Å²) in [5.74, 6) is 0.244. The van der Waals surface area contributed by atoms with Crippen LogP contribution in [0, 0.1) is 6.92 Å². The summed E-state index contributed by atoms with van der Waals surface area (Å²) in [6.45, 7) is 2.25. The number of amides is 2. The highest BCUT2D eigenvalue weighted by molar-refractivity contribution is 7.14. The van der Waals surface area contributed by atoms with Gasteiger partial charge in [-0.2, -0.15) is 0 Å². The number of nitrogens with zero attached hydrogens (tertiary/aromatic N) is 2. The summed E-state index contributed by atoms with van der Waals surface area (Å²) in [4.78, 5) is 30.9. The van der Waals surface area contributed by atoms with Crippen molar-refractivity contribution in [1.82, 2.24) is 9.88 Å². The third-order valence-electron chi connectivity index (χ3n) is 4.87. The first kappa shape index (κ1) is 19.8. The van der Waals surface area contributed by atoms with Crippen molar-refractivity contribution in [2.75, 3.05) is 12.4 Å². The van der Waals surface area contributed by atoms with E-state index in [1.54, 1.807) is 30.3 Å². The molecule has 0 unspecified atom stereocenters. The summed E-state index contributed by atoms with van der Waals surface area (Å²) in [7, 11) is 1.79. The fraction of sp³-hybridized carbons (Fsp3) is 0.174. The van der Waals surface area contributed by atoms with Gasteiger partial charge in [-0.25, -0.2) is 4.98 Å². The number of hydrogen-bond donors (Lipinski definition) is 1. The monoisotopic (exact) mass is 419 g/mol. The van der Waals surface area contributed by atoms with Crippen LogP contribution < -0.4 is 5.32 Å². The SMILES string of the molecule is Cc1occc1C(=O)Nc1nc(CC(=O)N(C)Cc2ccc3ccccc3c2)cs1. The normalized spacial score (nSPS) is 10.9. The van der Waals surface area contributed by atoms with Gasteiger partial charge in [0.15, 0.2) is 5.13 Å². The van der Waals surface area contributed by atoms with Crippen LogP contribution >= 0.6 is 11.3 Å². The Balaban J connectivity index is 1.36.